The zero-order valence-electron chi connectivity index (χ0n) is 17.2. The largest absolute Gasteiger partial charge is 0.374 e. The number of fused-ring (bicyclic) bond motifs is 2. The number of nitrogens with one attached hydrogen (secondary N) is 3. The first-order valence-corrected chi connectivity index (χ1v) is 11.1. The number of anilines is 1. The molecule has 2 unspecified atom stereocenters. The van der Waals surface area contributed by atoms with Gasteiger partial charge in [-0.2, -0.15) is 4.68 Å². The topological polar surface area (TPSA) is 151 Å². The second-order valence-electron chi connectivity index (χ2n) is 7.65. The monoisotopic (exact) mass is 465 g/mol. The number of carbonyl (C=O) groups is 2. The van der Waals surface area contributed by atoms with Gasteiger partial charge in [-0.15, -0.1) is 16.4 Å². The van der Waals surface area contributed by atoms with Crippen molar-refractivity contribution < 1.29 is 14.7 Å². The van der Waals surface area contributed by atoms with Crippen LogP contribution in [-0.2, 0) is 11.3 Å². The number of rotatable bonds is 4. The zero-order chi connectivity index (χ0) is 22.9. The smallest absolute Gasteiger partial charge is 0.319 e. The van der Waals surface area contributed by atoms with Crippen LogP contribution in [0.2, 0.25) is 0 Å². The highest BCUT2D eigenvalue weighted by Crippen LogP contribution is 2.22. The number of amides is 3. The van der Waals surface area contributed by atoms with Crippen molar-refractivity contribution in [1.29, 1.82) is 0 Å². The van der Waals surface area contributed by atoms with Crippen LogP contribution in [0.5, 0.6) is 0 Å². The van der Waals surface area contributed by atoms with E-state index in [1.165, 1.54) is 11.3 Å². The summed E-state index contributed by atoms with van der Waals surface area (Å²) >= 11 is 1.49. The Hall–Kier alpha value is -3.90. The lowest BCUT2D eigenvalue weighted by Gasteiger charge is -2.25. The number of aliphatic hydroxyl groups excluding tert-OH is 1. The Labute approximate surface area is 190 Å². The molecule has 3 heterocycles. The van der Waals surface area contributed by atoms with Gasteiger partial charge in [0.25, 0.3) is 5.56 Å². The van der Waals surface area contributed by atoms with Gasteiger partial charge in [-0.3, -0.25) is 9.59 Å². The molecule has 4 N–H and O–H groups in total. The van der Waals surface area contributed by atoms with Crippen molar-refractivity contribution in [2.75, 3.05) is 5.32 Å². The van der Waals surface area contributed by atoms with Crippen LogP contribution in [0.25, 0.3) is 21.1 Å². The average molecular weight is 465 g/mol. The van der Waals surface area contributed by atoms with E-state index in [9.17, 15) is 19.5 Å². The van der Waals surface area contributed by atoms with Gasteiger partial charge >= 0.3 is 6.03 Å². The molecule has 1 fully saturated rings. The Balaban J connectivity index is 1.31. The minimum atomic E-state index is -0.925. The van der Waals surface area contributed by atoms with Gasteiger partial charge in [-0.1, -0.05) is 11.3 Å². The Kier molecular flexibility index (Phi) is 5.44. The summed E-state index contributed by atoms with van der Waals surface area (Å²) in [4.78, 5) is 41.7. The second kappa shape index (κ2) is 8.56. The summed E-state index contributed by atoms with van der Waals surface area (Å²) in [6.07, 6.45) is -0.329. The molecule has 0 spiro atoms. The van der Waals surface area contributed by atoms with E-state index in [4.69, 9.17) is 0 Å². The Morgan fingerprint density at radius 3 is 2.88 bits per heavy atom. The van der Waals surface area contributed by atoms with Crippen molar-refractivity contribution in [1.82, 2.24) is 30.6 Å². The third-order valence-electron chi connectivity index (χ3n) is 5.41. The number of urea groups is 1. The van der Waals surface area contributed by atoms with E-state index in [1.54, 1.807) is 29.8 Å². The molecule has 11 nitrogen and oxygen atoms in total. The molecule has 0 bridgehead atoms. The van der Waals surface area contributed by atoms with Crippen molar-refractivity contribution >= 4 is 50.1 Å². The first kappa shape index (κ1) is 21.0. The van der Waals surface area contributed by atoms with Gasteiger partial charge in [0.2, 0.25) is 5.91 Å². The van der Waals surface area contributed by atoms with Crippen LogP contribution in [0.3, 0.4) is 0 Å². The fourth-order valence-electron chi connectivity index (χ4n) is 3.72. The highest BCUT2D eigenvalue weighted by molar-refractivity contribution is 7.16. The van der Waals surface area contributed by atoms with E-state index in [-0.39, 0.29) is 19.0 Å². The van der Waals surface area contributed by atoms with Gasteiger partial charge < -0.3 is 21.1 Å². The van der Waals surface area contributed by atoms with Crippen molar-refractivity contribution in [2.24, 2.45) is 0 Å². The summed E-state index contributed by atoms with van der Waals surface area (Å²) < 4.78 is 2.02. The van der Waals surface area contributed by atoms with Gasteiger partial charge in [0.15, 0.2) is 0 Å². The number of thiazole rings is 1. The molecule has 1 aliphatic heterocycles. The summed E-state index contributed by atoms with van der Waals surface area (Å²) in [5.74, 6) is -0.476. The summed E-state index contributed by atoms with van der Waals surface area (Å²) in [5.41, 5.74) is 3.89. The first-order chi connectivity index (χ1) is 16.0. The molecule has 0 saturated carbocycles. The molecule has 33 heavy (non-hydrogen) atoms. The summed E-state index contributed by atoms with van der Waals surface area (Å²) in [5, 5.41) is 25.8. The van der Waals surface area contributed by atoms with Gasteiger partial charge in [-0.05, 0) is 48.7 Å². The lowest BCUT2D eigenvalue weighted by molar-refractivity contribution is -0.131. The maximum absolute atomic E-state index is 13.0. The third-order valence-corrected chi connectivity index (χ3v) is 6.20. The number of hydrogen-bond acceptors (Lipinski definition) is 8. The van der Waals surface area contributed by atoms with Crippen LogP contribution < -0.4 is 21.5 Å². The van der Waals surface area contributed by atoms with Gasteiger partial charge in [0.05, 0.1) is 21.1 Å². The number of nitrogens with zero attached hydrogens (tertiary/aromatic N) is 4. The molecule has 2 aromatic carbocycles. The Bertz CT molecular complexity index is 1430. The fourth-order valence-corrected chi connectivity index (χ4v) is 4.44. The number of aromatic nitrogens is 4. The SMILES string of the molecule is O=C(NCc1ccc2nnn(C3CCC(O)NC3=O)c(=O)c2c1)Nc1ccc2ncsc2c1. The molecule has 2 atom stereocenters. The lowest BCUT2D eigenvalue weighted by Crippen LogP contribution is -2.47. The number of aliphatic hydroxyl groups is 1. The van der Waals surface area contributed by atoms with E-state index in [0.29, 0.717) is 28.6 Å². The molecule has 168 valence electrons. The molecular formula is C21H19N7O4S. The van der Waals surface area contributed by atoms with Crippen molar-refractivity contribution in [2.45, 2.75) is 31.7 Å². The molecule has 2 aromatic heterocycles. The van der Waals surface area contributed by atoms with E-state index in [1.807, 2.05) is 12.1 Å². The van der Waals surface area contributed by atoms with Crippen LogP contribution >= 0.6 is 11.3 Å². The molecule has 3 amide bonds. The predicted octanol–water partition coefficient (Wildman–Crippen LogP) is 1.49. The zero-order valence-corrected chi connectivity index (χ0v) is 18.0. The van der Waals surface area contributed by atoms with Crippen LogP contribution in [0.1, 0.15) is 24.4 Å². The fraction of sp³-hybridized carbons (Fsp3) is 0.238. The van der Waals surface area contributed by atoms with Crippen LogP contribution in [0.4, 0.5) is 10.5 Å². The quantitative estimate of drug-likeness (QED) is 0.356. The van der Waals surface area contributed by atoms with E-state index < -0.39 is 23.7 Å². The molecule has 0 radical (unpaired) electrons. The van der Waals surface area contributed by atoms with Crippen molar-refractivity contribution in [3.8, 4) is 0 Å². The maximum Gasteiger partial charge on any atom is 0.319 e. The van der Waals surface area contributed by atoms with Crippen LogP contribution in [-0.4, -0.2) is 43.3 Å². The summed E-state index contributed by atoms with van der Waals surface area (Å²) in [6, 6.07) is 9.26. The van der Waals surface area contributed by atoms with Crippen LogP contribution in [0, 0.1) is 0 Å². The van der Waals surface area contributed by atoms with Crippen LogP contribution in [0.15, 0.2) is 46.7 Å². The maximum atomic E-state index is 13.0. The number of benzene rings is 2. The van der Waals surface area contributed by atoms with Gasteiger partial charge in [0, 0.05) is 12.2 Å². The van der Waals surface area contributed by atoms with Crippen molar-refractivity contribution in [3.63, 3.8) is 0 Å². The van der Waals surface area contributed by atoms with Gasteiger partial charge in [-0.25, -0.2) is 9.78 Å². The number of hydrogen-bond donors (Lipinski definition) is 4. The summed E-state index contributed by atoms with van der Waals surface area (Å²) in [6.45, 7) is 0.183. The second-order valence-corrected chi connectivity index (χ2v) is 8.54. The Morgan fingerprint density at radius 2 is 2.03 bits per heavy atom. The van der Waals surface area contributed by atoms with E-state index in [2.05, 4.69) is 31.2 Å². The third kappa shape index (κ3) is 4.25. The van der Waals surface area contributed by atoms with E-state index >= 15 is 0 Å². The first-order valence-electron chi connectivity index (χ1n) is 10.2. The average Bonchev–Trinajstić information content (AvgIpc) is 3.27. The standard InChI is InChI=1S/C21H19N7O4S/c29-18-6-5-16(19(30)25-18)28-20(31)13-7-11(1-3-14(13)26-27-28)9-22-21(32)24-12-2-4-15-17(8-12)33-10-23-15/h1-4,7-8,10,16,18,29H,5-6,9H2,(H,25,30)(H2,22,24,32). The molecule has 4 aromatic rings. The molecule has 1 saturated heterocycles. The van der Waals surface area contributed by atoms with E-state index in [0.717, 1.165) is 14.9 Å². The summed E-state index contributed by atoms with van der Waals surface area (Å²) in [7, 11) is 0. The van der Waals surface area contributed by atoms with Crippen molar-refractivity contribution in [3.05, 3.63) is 57.8 Å². The minimum Gasteiger partial charge on any atom is -0.374 e. The Morgan fingerprint density at radius 1 is 1.18 bits per heavy atom. The molecule has 12 heteroatoms. The predicted molar refractivity (Wildman–Crippen MR) is 122 cm³/mol. The number of piperidine rings is 1. The number of carbonyl (C=O) groups excluding carboxylic acids is 2. The highest BCUT2D eigenvalue weighted by Gasteiger charge is 2.30. The molecule has 0 aliphatic carbocycles. The molecule has 1 aliphatic rings. The highest BCUT2D eigenvalue weighted by atomic mass is 32.1. The minimum absolute atomic E-state index is 0.183. The van der Waals surface area contributed by atoms with Gasteiger partial charge in [0.1, 0.15) is 17.8 Å². The lowest BCUT2D eigenvalue weighted by atomic mass is 10.1. The molecular weight excluding hydrogens is 446 g/mol. The molecule has 5 rings (SSSR count). The normalized spacial score (nSPS) is 18.3.